The molecule has 135 heavy (non-hydrogen) atoms. The Morgan fingerprint density at radius 1 is 0.178 bits per heavy atom. The zero-order valence-electron chi connectivity index (χ0n) is 78.5. The lowest BCUT2D eigenvalue weighted by molar-refractivity contribution is 0.476. The van der Waals surface area contributed by atoms with Gasteiger partial charge in [0.15, 0.2) is 11.5 Å². The third kappa shape index (κ3) is 17.5. The second-order valence-corrected chi connectivity index (χ2v) is 37.9. The number of benzene rings is 18. The van der Waals surface area contributed by atoms with Crippen molar-refractivity contribution in [1.29, 1.82) is 0 Å². The minimum atomic E-state index is 0.900. The van der Waals surface area contributed by atoms with Crippen LogP contribution in [0.25, 0.3) is 22.3 Å². The van der Waals surface area contributed by atoms with Crippen LogP contribution in [0.4, 0.5) is 102 Å². The highest BCUT2D eigenvalue weighted by atomic mass is 16.5. The molecule has 0 N–H and O–H groups in total. The molecule has 660 valence electrons. The number of hydrogen-bond donors (Lipinski definition) is 0. The molecule has 1 aliphatic heterocycles. The summed E-state index contributed by atoms with van der Waals surface area (Å²) < 4.78 is 6.45. The number of para-hydroxylation sites is 1. The van der Waals surface area contributed by atoms with E-state index < -0.39 is 0 Å². The molecule has 0 bridgehead atoms. The fourth-order valence-corrected chi connectivity index (χ4v) is 20.0. The Hall–Kier alpha value is -15.4. The van der Waals surface area contributed by atoms with E-state index in [4.69, 9.17) is 4.74 Å². The molecular formula is C128H112N6O. The van der Waals surface area contributed by atoms with Crippen LogP contribution in [-0.2, 0) is 77.0 Å². The van der Waals surface area contributed by atoms with Crippen molar-refractivity contribution < 1.29 is 4.74 Å². The SMILES string of the molecule is Cc1ccc(N(c2ccc(C)cc2)c2ccc(N(c3ccccc3)c3ccc4c(c3)CC4)cc2)cc1.Cc1ccc(N(c2ccc(C)cc2)c2ccc3c(c2)CC3)cc1.Cc1ccc(N(c2ccc(N(c3ccc(C)cc3)c3cccc4c3CC4)cc2)c2ccc3c(c2)CC3)cc1.Cc1ccc2c(c1)Oc1cc(C)ccc1N2c1cc(-c2ccc3c(c2)CC3)cc(-c2ccc3c(c2)CC3)c1. The molecule has 18 aromatic rings. The van der Waals surface area contributed by atoms with E-state index in [1.807, 2.05) is 0 Å². The van der Waals surface area contributed by atoms with Crippen molar-refractivity contribution >= 4 is 102 Å². The molecule has 0 saturated heterocycles. The summed E-state index contributed by atoms with van der Waals surface area (Å²) in [6.45, 7) is 17.1. The predicted molar refractivity (Wildman–Crippen MR) is 567 cm³/mol. The fourth-order valence-electron chi connectivity index (χ4n) is 20.0. The van der Waals surface area contributed by atoms with Crippen LogP contribution in [-0.4, -0.2) is 0 Å². The third-order valence-corrected chi connectivity index (χ3v) is 28.5. The summed E-state index contributed by atoms with van der Waals surface area (Å²) in [5, 5.41) is 0. The van der Waals surface area contributed by atoms with Gasteiger partial charge in [0.2, 0.25) is 0 Å². The number of aryl methyl sites for hydroxylation is 19. The van der Waals surface area contributed by atoms with Crippen molar-refractivity contribution in [1.82, 2.24) is 0 Å². The van der Waals surface area contributed by atoms with Gasteiger partial charge in [-0.3, -0.25) is 0 Å². The van der Waals surface area contributed by atoms with Crippen LogP contribution in [0.1, 0.15) is 111 Å². The molecule has 25 rings (SSSR count). The first-order chi connectivity index (χ1) is 66.1. The zero-order chi connectivity index (χ0) is 91.3. The molecule has 6 aliphatic carbocycles. The second kappa shape index (κ2) is 36.6. The van der Waals surface area contributed by atoms with Gasteiger partial charge in [0.05, 0.1) is 11.4 Å². The summed E-state index contributed by atoms with van der Waals surface area (Å²) in [5.74, 6) is 1.80. The van der Waals surface area contributed by atoms with Gasteiger partial charge in [0.1, 0.15) is 0 Å². The molecule has 0 radical (unpaired) electrons. The zero-order valence-corrected chi connectivity index (χ0v) is 78.5. The summed E-state index contributed by atoms with van der Waals surface area (Å²) in [6, 6.07) is 143. The van der Waals surface area contributed by atoms with E-state index >= 15 is 0 Å². The Kier molecular flexibility index (Phi) is 23.1. The smallest absolute Gasteiger partial charge is 0.151 e. The van der Waals surface area contributed by atoms with Gasteiger partial charge < -0.3 is 34.1 Å². The highest BCUT2D eigenvalue weighted by molar-refractivity contribution is 5.92. The molecule has 7 nitrogen and oxygen atoms in total. The summed E-state index contributed by atoms with van der Waals surface area (Å²) in [7, 11) is 0. The standard InChI is InChI=1S/C36H32N2.C36H29NO.C34H30N2.C22H21N/c1-25-6-14-30(15-7-25)37(34-18-12-27-10-11-29(27)24-34)31-19-21-33(22-20-31)38(32-16-8-26(2)9-17-32)36-5-3-4-28-13-23-35(28)36;1-22-3-13-33-35(15-22)38-36-16-23(2)4-14-34(36)37(33)32-20-30(28-11-7-24-5-9-26(24)17-28)19-31(21-32)29-12-8-25-6-10-27(25)18-29;1-25-8-15-30(16-9-25)35(31-17-10-26(2)11-18-31)32-20-22-33(23-21-32)36(29-6-4-3-5-7-29)34-19-14-27-12-13-28(27)24-34;1-16-3-10-20(11-4-16)23(21-12-5-17(2)6-13-21)22-14-9-18-7-8-19(18)15-22/h3-9,12,14-22,24H,10-11,13,23H2,1-2H3;3-4,7-8,11-21H,5-6,9-10H2,1-2H3;3-11,14-24H,12-13H2,1-2H3;3-6,9-15H,7-8H2,1-2H3. The number of ether oxygens (including phenoxy) is 1. The molecule has 7 heteroatoms. The highest BCUT2D eigenvalue weighted by Gasteiger charge is 2.31. The molecule has 0 saturated carbocycles. The van der Waals surface area contributed by atoms with Crippen LogP contribution in [0.15, 0.2) is 388 Å². The molecule has 0 aromatic heterocycles. The van der Waals surface area contributed by atoms with E-state index in [0.29, 0.717) is 0 Å². The Labute approximate surface area is 796 Å². The topological polar surface area (TPSA) is 28.7 Å². The number of rotatable bonds is 18. The van der Waals surface area contributed by atoms with Gasteiger partial charge in [-0.2, -0.15) is 0 Å². The normalized spacial score (nSPS) is 13.0. The monoisotopic (exact) mass is 1750 g/mol. The first-order valence-electron chi connectivity index (χ1n) is 48.3. The third-order valence-electron chi connectivity index (χ3n) is 28.5. The van der Waals surface area contributed by atoms with Crippen molar-refractivity contribution in [2.24, 2.45) is 0 Å². The summed E-state index contributed by atoms with van der Waals surface area (Å²) in [6.07, 6.45) is 14.3. The van der Waals surface area contributed by atoms with Crippen LogP contribution in [0.3, 0.4) is 0 Å². The van der Waals surface area contributed by atoms with Crippen LogP contribution in [0.2, 0.25) is 0 Å². The summed E-state index contributed by atoms with van der Waals surface area (Å²) in [4.78, 5) is 14.2. The lowest BCUT2D eigenvalue weighted by Crippen LogP contribution is -2.18. The quantitative estimate of drug-likeness (QED) is 0.0845. The van der Waals surface area contributed by atoms with Gasteiger partial charge in [-0.05, 0) is 451 Å². The van der Waals surface area contributed by atoms with E-state index in [2.05, 4.69) is 473 Å². The molecule has 18 aromatic carbocycles. The molecule has 1 heterocycles. The summed E-state index contributed by atoms with van der Waals surface area (Å²) in [5.41, 5.74) is 54.1. The average Bonchev–Trinajstić information content (AvgIpc) is 0.643. The maximum absolute atomic E-state index is 6.45. The van der Waals surface area contributed by atoms with Gasteiger partial charge in [-0.25, -0.2) is 0 Å². The first-order valence-corrected chi connectivity index (χ1v) is 48.3. The summed E-state index contributed by atoms with van der Waals surface area (Å²) >= 11 is 0. The Morgan fingerprint density at radius 3 is 0.741 bits per heavy atom. The van der Waals surface area contributed by atoms with Crippen molar-refractivity contribution in [3.63, 3.8) is 0 Å². The van der Waals surface area contributed by atoms with Crippen molar-refractivity contribution in [2.75, 3.05) is 29.4 Å². The van der Waals surface area contributed by atoms with Crippen LogP contribution in [0, 0.1) is 55.4 Å². The van der Waals surface area contributed by atoms with Crippen molar-refractivity contribution in [3.05, 3.63) is 500 Å². The Bertz CT molecular complexity index is 7230. The van der Waals surface area contributed by atoms with E-state index in [-0.39, 0.29) is 0 Å². The van der Waals surface area contributed by atoms with Gasteiger partial charge >= 0.3 is 0 Å². The lowest BCUT2D eigenvalue weighted by Gasteiger charge is -2.34. The molecule has 0 amide bonds. The average molecular weight is 1750 g/mol. The van der Waals surface area contributed by atoms with Crippen molar-refractivity contribution in [3.8, 4) is 33.8 Å². The van der Waals surface area contributed by atoms with E-state index in [9.17, 15) is 0 Å². The number of nitrogens with zero attached hydrogens (tertiary/aromatic N) is 6. The molecule has 0 unspecified atom stereocenters. The van der Waals surface area contributed by atoms with Gasteiger partial charge in [0.25, 0.3) is 0 Å². The Morgan fingerprint density at radius 2 is 0.444 bits per heavy atom. The molecule has 0 atom stereocenters. The van der Waals surface area contributed by atoms with E-state index in [1.54, 1.807) is 0 Å². The lowest BCUT2D eigenvalue weighted by atomic mass is 9.84. The van der Waals surface area contributed by atoms with Gasteiger partial charge in [-0.15, -0.1) is 0 Å². The van der Waals surface area contributed by atoms with Crippen LogP contribution in [0.5, 0.6) is 11.5 Å². The second-order valence-electron chi connectivity index (χ2n) is 37.9. The van der Waals surface area contributed by atoms with E-state index in [1.165, 1.54) is 267 Å². The minimum Gasteiger partial charge on any atom is -0.453 e. The first kappa shape index (κ1) is 85.1. The fraction of sp³-hybridized carbons (Fsp3) is 0.156. The number of anilines is 18. The predicted octanol–water partition coefficient (Wildman–Crippen LogP) is 34.1. The van der Waals surface area contributed by atoms with Crippen molar-refractivity contribution in [2.45, 2.75) is 132 Å². The maximum atomic E-state index is 6.45. The number of fused-ring (bicyclic) bond motifs is 8. The largest absolute Gasteiger partial charge is 0.453 e. The minimum absolute atomic E-state index is 0.900. The molecule has 0 fully saturated rings. The molecular weight excluding hydrogens is 1640 g/mol. The number of hydrogen-bond acceptors (Lipinski definition) is 7. The van der Waals surface area contributed by atoms with Crippen LogP contribution < -0.4 is 34.1 Å². The van der Waals surface area contributed by atoms with Gasteiger partial charge in [-0.1, -0.05) is 203 Å². The van der Waals surface area contributed by atoms with Crippen LogP contribution >= 0.6 is 0 Å². The highest BCUT2D eigenvalue weighted by Crippen LogP contribution is 2.54. The molecule has 7 aliphatic rings. The Balaban J connectivity index is 0.000000106. The van der Waals surface area contributed by atoms with Gasteiger partial charge in [0, 0.05) is 91.0 Å². The maximum Gasteiger partial charge on any atom is 0.151 e. The molecule has 0 spiro atoms. The van der Waals surface area contributed by atoms with E-state index in [0.717, 1.165) is 57.7 Å².